The number of rotatable bonds is 4. The maximum Gasteiger partial charge on any atom is 0.123 e. The molecule has 0 saturated heterocycles. The van der Waals surface area contributed by atoms with Crippen LogP contribution in [-0.4, -0.2) is 0 Å². The summed E-state index contributed by atoms with van der Waals surface area (Å²) in [6, 6.07) is 17.1. The first kappa shape index (κ1) is 11.8. The quantitative estimate of drug-likeness (QED) is 0.732. The van der Waals surface area contributed by atoms with Crippen LogP contribution < -0.4 is 0 Å². The summed E-state index contributed by atoms with van der Waals surface area (Å²) in [5, 5.41) is 0. The molecule has 0 N–H and O–H groups in total. The van der Waals surface area contributed by atoms with Crippen LogP contribution in [0.1, 0.15) is 18.1 Å². The average molecular weight is 227 g/mol. The lowest BCUT2D eigenvalue weighted by atomic mass is 9.94. The van der Waals surface area contributed by atoms with Gasteiger partial charge >= 0.3 is 0 Å². The van der Waals surface area contributed by atoms with Crippen LogP contribution in [0, 0.1) is 18.2 Å². The van der Waals surface area contributed by atoms with Gasteiger partial charge in [0.25, 0.3) is 0 Å². The second kappa shape index (κ2) is 5.62. The van der Waals surface area contributed by atoms with E-state index in [2.05, 4.69) is 25.5 Å². The Balaban J connectivity index is 1.96. The summed E-state index contributed by atoms with van der Waals surface area (Å²) in [6.07, 6.45) is 3.09. The predicted octanol–water partition coefficient (Wildman–Crippen LogP) is 4.26. The molecule has 0 aromatic heterocycles. The standard InChI is InChI=1S/C16H16F/c1-13(10-14-6-3-2-4-7-14)11-15-8-5-9-16(17)12-15/h2-9,11-13H,10H2,1H3. The van der Waals surface area contributed by atoms with Gasteiger partial charge in [-0.1, -0.05) is 49.4 Å². The Bertz CT molecular complexity index is 462. The monoisotopic (exact) mass is 227 g/mol. The molecule has 0 aliphatic rings. The van der Waals surface area contributed by atoms with Crippen molar-refractivity contribution in [2.75, 3.05) is 0 Å². The first-order chi connectivity index (χ1) is 8.24. The molecule has 17 heavy (non-hydrogen) atoms. The van der Waals surface area contributed by atoms with Gasteiger partial charge in [0.1, 0.15) is 5.82 Å². The van der Waals surface area contributed by atoms with E-state index in [1.807, 2.05) is 24.3 Å². The van der Waals surface area contributed by atoms with Gasteiger partial charge in [0, 0.05) is 0 Å². The van der Waals surface area contributed by atoms with E-state index < -0.39 is 0 Å². The number of hydrogen-bond donors (Lipinski definition) is 0. The summed E-state index contributed by atoms with van der Waals surface area (Å²) in [5.41, 5.74) is 2.26. The Morgan fingerprint density at radius 1 is 1.06 bits per heavy atom. The van der Waals surface area contributed by atoms with Crippen molar-refractivity contribution in [1.29, 1.82) is 0 Å². The molecule has 0 aliphatic carbocycles. The van der Waals surface area contributed by atoms with Crippen LogP contribution in [0.25, 0.3) is 0 Å². The van der Waals surface area contributed by atoms with Gasteiger partial charge in [-0.05, 0) is 42.0 Å². The van der Waals surface area contributed by atoms with Crippen LogP contribution in [0.3, 0.4) is 0 Å². The van der Waals surface area contributed by atoms with Gasteiger partial charge < -0.3 is 0 Å². The molecule has 0 bridgehead atoms. The zero-order chi connectivity index (χ0) is 12.1. The minimum atomic E-state index is -0.175. The van der Waals surface area contributed by atoms with E-state index in [1.165, 1.54) is 11.6 Å². The number of halogens is 1. The Labute approximate surface area is 102 Å². The fourth-order valence-corrected chi connectivity index (χ4v) is 1.98. The van der Waals surface area contributed by atoms with E-state index in [9.17, 15) is 4.39 Å². The van der Waals surface area contributed by atoms with Crippen molar-refractivity contribution in [1.82, 2.24) is 0 Å². The zero-order valence-corrected chi connectivity index (χ0v) is 9.94. The third kappa shape index (κ3) is 3.70. The SMILES string of the molecule is CC([CH]c1cccc(F)c1)Cc1ccccc1. The van der Waals surface area contributed by atoms with Crippen LogP contribution in [-0.2, 0) is 6.42 Å². The molecule has 0 amide bonds. The molecular formula is C16H16F. The van der Waals surface area contributed by atoms with E-state index in [-0.39, 0.29) is 5.82 Å². The molecule has 1 heteroatoms. The third-order valence-corrected chi connectivity index (χ3v) is 2.73. The predicted molar refractivity (Wildman–Crippen MR) is 69.1 cm³/mol. The molecule has 1 radical (unpaired) electrons. The summed E-state index contributed by atoms with van der Waals surface area (Å²) in [5.74, 6) is 0.227. The summed E-state index contributed by atoms with van der Waals surface area (Å²) >= 11 is 0. The molecule has 0 spiro atoms. The maximum absolute atomic E-state index is 13.0. The van der Waals surface area contributed by atoms with E-state index in [0.717, 1.165) is 12.0 Å². The molecule has 0 aliphatic heterocycles. The van der Waals surface area contributed by atoms with Crippen molar-refractivity contribution in [3.8, 4) is 0 Å². The molecule has 87 valence electrons. The molecule has 0 saturated carbocycles. The summed E-state index contributed by atoms with van der Waals surface area (Å²) in [6.45, 7) is 2.15. The van der Waals surface area contributed by atoms with E-state index in [1.54, 1.807) is 12.1 Å². The lowest BCUT2D eigenvalue weighted by molar-refractivity contribution is 0.623. The van der Waals surface area contributed by atoms with Crippen molar-refractivity contribution in [3.63, 3.8) is 0 Å². The average Bonchev–Trinajstić information content (AvgIpc) is 2.30. The van der Waals surface area contributed by atoms with Gasteiger partial charge in [-0.2, -0.15) is 0 Å². The normalized spacial score (nSPS) is 12.4. The number of benzene rings is 2. The van der Waals surface area contributed by atoms with E-state index >= 15 is 0 Å². The smallest absolute Gasteiger partial charge is 0.123 e. The van der Waals surface area contributed by atoms with Crippen molar-refractivity contribution in [3.05, 3.63) is 78.0 Å². The van der Waals surface area contributed by atoms with Crippen molar-refractivity contribution >= 4 is 0 Å². The molecular weight excluding hydrogens is 211 g/mol. The molecule has 2 rings (SSSR count). The minimum absolute atomic E-state index is 0.175. The fourth-order valence-electron chi connectivity index (χ4n) is 1.98. The Kier molecular flexibility index (Phi) is 3.92. The highest BCUT2D eigenvalue weighted by Gasteiger charge is 2.06. The highest BCUT2D eigenvalue weighted by atomic mass is 19.1. The molecule has 2 aromatic rings. The molecule has 0 heterocycles. The van der Waals surface area contributed by atoms with Crippen LogP contribution in [0.2, 0.25) is 0 Å². The van der Waals surface area contributed by atoms with Crippen LogP contribution in [0.4, 0.5) is 4.39 Å². The Hall–Kier alpha value is -1.63. The highest BCUT2D eigenvalue weighted by Crippen LogP contribution is 2.16. The zero-order valence-electron chi connectivity index (χ0n) is 9.94. The lowest BCUT2D eigenvalue weighted by Gasteiger charge is -2.11. The molecule has 0 nitrogen and oxygen atoms in total. The fraction of sp³-hybridized carbons (Fsp3) is 0.188. The molecule has 1 unspecified atom stereocenters. The van der Waals surface area contributed by atoms with Crippen molar-refractivity contribution < 1.29 is 4.39 Å². The van der Waals surface area contributed by atoms with Gasteiger partial charge in [0.2, 0.25) is 0 Å². The summed E-state index contributed by atoms with van der Waals surface area (Å²) in [7, 11) is 0. The van der Waals surface area contributed by atoms with Gasteiger partial charge in [-0.15, -0.1) is 0 Å². The number of hydrogen-bond acceptors (Lipinski definition) is 0. The van der Waals surface area contributed by atoms with Gasteiger partial charge in [0.15, 0.2) is 0 Å². The van der Waals surface area contributed by atoms with Gasteiger partial charge in [0.05, 0.1) is 0 Å². The largest absolute Gasteiger partial charge is 0.207 e. The summed E-state index contributed by atoms with van der Waals surface area (Å²) in [4.78, 5) is 0. The van der Waals surface area contributed by atoms with Crippen molar-refractivity contribution in [2.45, 2.75) is 13.3 Å². The van der Waals surface area contributed by atoms with Crippen LogP contribution in [0.5, 0.6) is 0 Å². The first-order valence-corrected chi connectivity index (χ1v) is 5.88. The maximum atomic E-state index is 13.0. The van der Waals surface area contributed by atoms with Gasteiger partial charge in [-0.25, -0.2) is 4.39 Å². The highest BCUT2D eigenvalue weighted by molar-refractivity contribution is 5.25. The minimum Gasteiger partial charge on any atom is -0.207 e. The molecule has 0 fully saturated rings. The van der Waals surface area contributed by atoms with Crippen LogP contribution in [0.15, 0.2) is 54.6 Å². The summed E-state index contributed by atoms with van der Waals surface area (Å²) < 4.78 is 13.0. The van der Waals surface area contributed by atoms with Crippen molar-refractivity contribution in [2.24, 2.45) is 5.92 Å². The first-order valence-electron chi connectivity index (χ1n) is 5.88. The van der Waals surface area contributed by atoms with Gasteiger partial charge in [-0.3, -0.25) is 0 Å². The van der Waals surface area contributed by atoms with E-state index in [0.29, 0.717) is 5.92 Å². The Morgan fingerprint density at radius 3 is 2.53 bits per heavy atom. The molecule has 1 atom stereocenters. The topological polar surface area (TPSA) is 0 Å². The van der Waals surface area contributed by atoms with E-state index in [4.69, 9.17) is 0 Å². The molecule has 2 aromatic carbocycles. The second-order valence-electron chi connectivity index (χ2n) is 4.39. The van der Waals surface area contributed by atoms with Crippen LogP contribution >= 0.6 is 0 Å². The third-order valence-electron chi connectivity index (χ3n) is 2.73. The Morgan fingerprint density at radius 2 is 1.82 bits per heavy atom. The lowest BCUT2D eigenvalue weighted by Crippen LogP contribution is -2.01. The second-order valence-corrected chi connectivity index (χ2v) is 4.39.